The largest absolute Gasteiger partial charge is 0.485 e. The van der Waals surface area contributed by atoms with E-state index in [2.05, 4.69) is 9.97 Å². The first kappa shape index (κ1) is 12.4. The summed E-state index contributed by atoms with van der Waals surface area (Å²) < 4.78 is 5.86. The van der Waals surface area contributed by atoms with E-state index in [-0.39, 0.29) is 0 Å². The predicted octanol–water partition coefficient (Wildman–Crippen LogP) is 3.10. The van der Waals surface area contributed by atoms with Crippen molar-refractivity contribution >= 4 is 16.6 Å². The molecule has 0 bridgehead atoms. The second kappa shape index (κ2) is 5.17. The average molecular weight is 265 g/mol. The maximum Gasteiger partial charge on any atom is 0.146 e. The van der Waals surface area contributed by atoms with Crippen LogP contribution < -0.4 is 10.5 Å². The number of hydrogen-bond acceptors (Lipinski definition) is 4. The Bertz CT molecular complexity index is 756. The molecule has 100 valence electrons. The van der Waals surface area contributed by atoms with Crippen molar-refractivity contribution in [3.8, 4) is 5.75 Å². The molecule has 0 aliphatic rings. The van der Waals surface area contributed by atoms with Crippen molar-refractivity contribution in [1.82, 2.24) is 9.97 Å². The van der Waals surface area contributed by atoms with Crippen molar-refractivity contribution in [2.75, 3.05) is 5.73 Å². The van der Waals surface area contributed by atoms with Gasteiger partial charge in [0.1, 0.15) is 17.9 Å². The number of pyridine rings is 2. The topological polar surface area (TPSA) is 61.0 Å². The third-order valence-electron chi connectivity index (χ3n) is 3.25. The van der Waals surface area contributed by atoms with E-state index in [1.807, 2.05) is 43.3 Å². The summed E-state index contributed by atoms with van der Waals surface area (Å²) in [6, 6.07) is 11.4. The molecule has 2 N–H and O–H groups in total. The number of ether oxygens (including phenoxy) is 1. The van der Waals surface area contributed by atoms with Gasteiger partial charge in [-0.1, -0.05) is 6.07 Å². The van der Waals surface area contributed by atoms with Crippen LogP contribution in [0, 0.1) is 6.92 Å². The molecule has 0 aliphatic heterocycles. The summed E-state index contributed by atoms with van der Waals surface area (Å²) in [6.45, 7) is 2.44. The molecule has 2 heterocycles. The fourth-order valence-corrected chi connectivity index (χ4v) is 2.10. The van der Waals surface area contributed by atoms with Crippen LogP contribution in [0.3, 0.4) is 0 Å². The van der Waals surface area contributed by atoms with Crippen LogP contribution in [0.1, 0.15) is 11.3 Å². The number of anilines is 1. The van der Waals surface area contributed by atoms with Crippen molar-refractivity contribution in [2.45, 2.75) is 13.5 Å². The summed E-state index contributed by atoms with van der Waals surface area (Å²) in [4.78, 5) is 8.67. The third-order valence-corrected chi connectivity index (χ3v) is 3.25. The molecule has 0 unspecified atom stereocenters. The van der Waals surface area contributed by atoms with Crippen molar-refractivity contribution in [1.29, 1.82) is 0 Å². The Morgan fingerprint density at radius 2 is 1.85 bits per heavy atom. The summed E-state index contributed by atoms with van der Waals surface area (Å²) in [6.07, 6.45) is 3.51. The maximum absolute atomic E-state index is 5.95. The molecule has 3 aromatic rings. The first-order valence-electron chi connectivity index (χ1n) is 6.42. The molecule has 0 spiro atoms. The summed E-state index contributed by atoms with van der Waals surface area (Å²) in [5, 5.41) is 0.905. The van der Waals surface area contributed by atoms with Gasteiger partial charge in [0.25, 0.3) is 0 Å². The van der Waals surface area contributed by atoms with Gasteiger partial charge in [-0.15, -0.1) is 0 Å². The minimum atomic E-state index is 0.419. The van der Waals surface area contributed by atoms with E-state index in [1.54, 1.807) is 12.4 Å². The Morgan fingerprint density at radius 1 is 1.05 bits per heavy atom. The van der Waals surface area contributed by atoms with Crippen LogP contribution in [0.4, 0.5) is 5.69 Å². The zero-order valence-electron chi connectivity index (χ0n) is 11.2. The van der Waals surface area contributed by atoms with Gasteiger partial charge in [-0.05, 0) is 42.8 Å². The van der Waals surface area contributed by atoms with Gasteiger partial charge in [-0.3, -0.25) is 9.97 Å². The lowest BCUT2D eigenvalue weighted by molar-refractivity contribution is 0.303. The van der Waals surface area contributed by atoms with Gasteiger partial charge < -0.3 is 10.5 Å². The second-order valence-corrected chi connectivity index (χ2v) is 4.61. The highest BCUT2D eigenvalue weighted by Gasteiger charge is 2.07. The van der Waals surface area contributed by atoms with E-state index < -0.39 is 0 Å². The molecule has 0 atom stereocenters. The number of benzene rings is 1. The molecule has 4 heteroatoms. The molecular weight excluding hydrogens is 250 g/mol. The first-order valence-corrected chi connectivity index (χ1v) is 6.42. The normalized spacial score (nSPS) is 10.7. The van der Waals surface area contributed by atoms with Crippen LogP contribution in [-0.4, -0.2) is 9.97 Å². The average Bonchev–Trinajstić information content (AvgIpc) is 2.48. The summed E-state index contributed by atoms with van der Waals surface area (Å²) in [5.74, 6) is 0.722. The van der Waals surface area contributed by atoms with Crippen LogP contribution in [-0.2, 0) is 6.61 Å². The standard InChI is InChI=1S/C16H15N3O/c1-11-4-2-8-18-14(11)10-20-15-7-6-13(17)12-5-3-9-19-16(12)15/h2-9H,10,17H2,1H3. The number of hydrogen-bond donors (Lipinski definition) is 1. The van der Waals surface area contributed by atoms with Crippen LogP contribution in [0.25, 0.3) is 10.9 Å². The molecule has 0 radical (unpaired) electrons. The lowest BCUT2D eigenvalue weighted by Crippen LogP contribution is -2.01. The number of fused-ring (bicyclic) bond motifs is 1. The van der Waals surface area contributed by atoms with Gasteiger partial charge in [0.05, 0.1) is 5.69 Å². The molecule has 1 aromatic carbocycles. The van der Waals surface area contributed by atoms with Gasteiger partial charge in [0.2, 0.25) is 0 Å². The molecule has 0 saturated heterocycles. The van der Waals surface area contributed by atoms with Crippen molar-refractivity contribution < 1.29 is 4.74 Å². The second-order valence-electron chi connectivity index (χ2n) is 4.61. The number of nitrogens with zero attached hydrogens (tertiary/aromatic N) is 2. The quantitative estimate of drug-likeness (QED) is 0.739. The Balaban J connectivity index is 1.92. The van der Waals surface area contributed by atoms with E-state index in [0.29, 0.717) is 12.3 Å². The van der Waals surface area contributed by atoms with Gasteiger partial charge in [0.15, 0.2) is 0 Å². The highest BCUT2D eigenvalue weighted by atomic mass is 16.5. The molecule has 0 amide bonds. The van der Waals surface area contributed by atoms with E-state index in [9.17, 15) is 0 Å². The molecule has 0 fully saturated rings. The lowest BCUT2D eigenvalue weighted by atomic mass is 10.1. The monoisotopic (exact) mass is 265 g/mol. The lowest BCUT2D eigenvalue weighted by Gasteiger charge is -2.10. The van der Waals surface area contributed by atoms with E-state index in [0.717, 1.165) is 27.9 Å². The Morgan fingerprint density at radius 3 is 2.70 bits per heavy atom. The number of aromatic nitrogens is 2. The minimum absolute atomic E-state index is 0.419. The summed E-state index contributed by atoms with van der Waals surface area (Å²) in [7, 11) is 0. The fourth-order valence-electron chi connectivity index (χ4n) is 2.10. The van der Waals surface area contributed by atoms with Gasteiger partial charge in [0, 0.05) is 23.5 Å². The van der Waals surface area contributed by atoms with E-state index in [1.165, 1.54) is 0 Å². The Hall–Kier alpha value is -2.62. The number of aryl methyl sites for hydroxylation is 1. The molecule has 4 nitrogen and oxygen atoms in total. The molecule has 20 heavy (non-hydrogen) atoms. The Labute approximate surface area is 117 Å². The maximum atomic E-state index is 5.95. The molecule has 3 rings (SSSR count). The van der Waals surface area contributed by atoms with Crippen molar-refractivity contribution in [3.63, 3.8) is 0 Å². The zero-order valence-corrected chi connectivity index (χ0v) is 11.2. The summed E-state index contributed by atoms with van der Waals surface area (Å²) in [5.41, 5.74) is 9.47. The van der Waals surface area contributed by atoms with E-state index in [4.69, 9.17) is 10.5 Å². The highest BCUT2D eigenvalue weighted by molar-refractivity contribution is 5.94. The number of nitrogens with two attached hydrogens (primary N) is 1. The predicted molar refractivity (Wildman–Crippen MR) is 79.5 cm³/mol. The SMILES string of the molecule is Cc1cccnc1COc1ccc(N)c2cccnc12. The van der Waals surface area contributed by atoms with Gasteiger partial charge in [-0.2, -0.15) is 0 Å². The molecule has 0 aliphatic carbocycles. The fraction of sp³-hybridized carbons (Fsp3) is 0.125. The van der Waals surface area contributed by atoms with E-state index >= 15 is 0 Å². The van der Waals surface area contributed by atoms with Crippen molar-refractivity contribution in [3.05, 3.63) is 60.0 Å². The third kappa shape index (κ3) is 2.28. The van der Waals surface area contributed by atoms with Gasteiger partial charge in [-0.25, -0.2) is 0 Å². The molecule has 2 aromatic heterocycles. The minimum Gasteiger partial charge on any atom is -0.485 e. The smallest absolute Gasteiger partial charge is 0.146 e. The van der Waals surface area contributed by atoms with Crippen LogP contribution in [0.5, 0.6) is 5.75 Å². The first-order chi connectivity index (χ1) is 9.75. The highest BCUT2D eigenvalue weighted by Crippen LogP contribution is 2.28. The Kier molecular flexibility index (Phi) is 3.21. The van der Waals surface area contributed by atoms with Crippen LogP contribution >= 0.6 is 0 Å². The van der Waals surface area contributed by atoms with Crippen molar-refractivity contribution in [2.24, 2.45) is 0 Å². The molecular formula is C16H15N3O. The van der Waals surface area contributed by atoms with Gasteiger partial charge >= 0.3 is 0 Å². The summed E-state index contributed by atoms with van der Waals surface area (Å²) >= 11 is 0. The van der Waals surface area contributed by atoms with Crippen LogP contribution in [0.15, 0.2) is 48.8 Å². The number of rotatable bonds is 3. The zero-order chi connectivity index (χ0) is 13.9. The number of nitrogen functional groups attached to an aromatic ring is 1. The van der Waals surface area contributed by atoms with Crippen LogP contribution in [0.2, 0.25) is 0 Å². The molecule has 0 saturated carbocycles.